The van der Waals surface area contributed by atoms with E-state index in [2.05, 4.69) is 26.9 Å². The van der Waals surface area contributed by atoms with Crippen LogP contribution in [0, 0.1) is 6.20 Å². The predicted molar refractivity (Wildman–Crippen MR) is 50.2 cm³/mol. The Morgan fingerprint density at radius 3 is 2.71 bits per heavy atom. The maximum Gasteiger partial charge on any atom is 1.00 e. The molecule has 0 radical (unpaired) electrons. The average molecular weight is 424 g/mol. The minimum absolute atomic E-state index is 0. The quantitative estimate of drug-likeness (QED) is 0.312. The van der Waals surface area contributed by atoms with E-state index in [1.165, 1.54) is 0 Å². The van der Waals surface area contributed by atoms with Crippen LogP contribution in [0.5, 0.6) is 0 Å². The first kappa shape index (κ1) is 15.8. The zero-order valence-corrected chi connectivity index (χ0v) is 10.8. The fourth-order valence-electron chi connectivity index (χ4n) is 0.998. The van der Waals surface area contributed by atoms with Gasteiger partial charge in [0.1, 0.15) is 6.04 Å². The van der Waals surface area contributed by atoms with Crippen LogP contribution in [0.15, 0.2) is 0 Å². The van der Waals surface area contributed by atoms with Crippen LogP contribution < -0.4 is 5.32 Å². The Morgan fingerprint density at radius 1 is 1.53 bits per heavy atom. The normalized spacial score (nSPS) is 11.4. The molecule has 8 nitrogen and oxygen atoms in total. The summed E-state index contributed by atoms with van der Waals surface area (Å²) in [7, 11) is 0. The fourth-order valence-corrected chi connectivity index (χ4v) is 0.998. The van der Waals surface area contributed by atoms with Crippen molar-refractivity contribution in [3.8, 4) is 0 Å². The molecule has 1 heterocycles. The van der Waals surface area contributed by atoms with Crippen molar-refractivity contribution in [3.05, 3.63) is 11.9 Å². The van der Waals surface area contributed by atoms with Gasteiger partial charge >= 0.3 is 28.3 Å². The van der Waals surface area contributed by atoms with Crippen molar-refractivity contribution < 1.29 is 42.2 Å². The van der Waals surface area contributed by atoms with Crippen LogP contribution in [0.25, 0.3) is 0 Å². The smallest absolute Gasteiger partial charge is 0.480 e. The summed E-state index contributed by atoms with van der Waals surface area (Å²) in [5.41, 5.74) is 0.561. The van der Waals surface area contributed by atoms with Crippen molar-refractivity contribution in [1.82, 2.24) is 20.7 Å². The molecule has 98 valence electrons. The van der Waals surface area contributed by atoms with Crippen LogP contribution in [-0.4, -0.2) is 50.1 Å². The molecule has 1 rings (SSSR count). The molecule has 0 aliphatic heterocycles. The molecule has 0 aliphatic rings. The van der Waals surface area contributed by atoms with Gasteiger partial charge in [0.2, 0.25) is 5.91 Å². The molecule has 0 aromatic carbocycles. The fraction of sp³-hybridized carbons (Fsp3) is 0.500. The number of aromatic nitrogens is 3. The molecule has 1 aromatic heterocycles. The van der Waals surface area contributed by atoms with Crippen LogP contribution in [0.2, 0.25) is 0 Å². The molecule has 0 aliphatic carbocycles. The average Bonchev–Trinajstić information content (AvgIpc) is 2.75. The Morgan fingerprint density at radius 2 is 2.24 bits per heavy atom. The van der Waals surface area contributed by atoms with Gasteiger partial charge in [-0.25, -0.2) is 4.79 Å². The summed E-state index contributed by atoms with van der Waals surface area (Å²) in [4.78, 5) is 21.7. The van der Waals surface area contributed by atoms with Gasteiger partial charge in [-0.2, -0.15) is 0 Å². The maximum atomic E-state index is 11.3. The van der Waals surface area contributed by atoms with Crippen molar-refractivity contribution in [2.45, 2.75) is 18.9 Å². The van der Waals surface area contributed by atoms with E-state index < -0.39 is 24.5 Å². The Labute approximate surface area is 112 Å². The Kier molecular flexibility index (Phi) is 7.39. The summed E-state index contributed by atoms with van der Waals surface area (Å²) < 4.78 is 0. The summed E-state index contributed by atoms with van der Waals surface area (Å²) in [5, 5.41) is 28.7. The third-order valence-electron chi connectivity index (χ3n) is 1.84. The minimum Gasteiger partial charge on any atom is -0.480 e. The number of aliphatic carboxylic acids is 1. The van der Waals surface area contributed by atoms with Gasteiger partial charge in [-0.3, -0.25) is 4.79 Å². The number of aromatic amines is 1. The number of H-pyrrole nitrogens is 1. The molecule has 1 amide bonds. The topological polar surface area (TPSA) is 128 Å². The molecule has 0 bridgehead atoms. The molecule has 1 aromatic rings. The van der Waals surface area contributed by atoms with Crippen molar-refractivity contribution >= 4 is 11.9 Å². The summed E-state index contributed by atoms with van der Waals surface area (Å²) in [5.74, 6) is -1.74. The minimum atomic E-state index is -1.27. The number of aliphatic hydroxyl groups excluding tert-OH is 1. The van der Waals surface area contributed by atoms with Gasteiger partial charge in [-0.05, 0) is 6.42 Å². The maximum absolute atomic E-state index is 11.3. The van der Waals surface area contributed by atoms with Crippen LogP contribution >= 0.6 is 0 Å². The Bertz CT molecular complexity index is 356. The first-order valence-corrected chi connectivity index (χ1v) is 4.54. The molecule has 0 saturated heterocycles. The van der Waals surface area contributed by atoms with E-state index in [9.17, 15) is 9.59 Å². The molecule has 4 N–H and O–H groups in total. The third-order valence-corrected chi connectivity index (χ3v) is 1.84. The van der Waals surface area contributed by atoms with Gasteiger partial charge in [0.15, 0.2) is 0 Å². The van der Waals surface area contributed by atoms with E-state index in [1.807, 2.05) is 0 Å². The molecule has 0 unspecified atom stereocenters. The number of carboxylic acids is 1. The van der Waals surface area contributed by atoms with E-state index >= 15 is 0 Å². The summed E-state index contributed by atoms with van der Waals surface area (Å²) in [6.07, 6.45) is 2.92. The molecule has 0 saturated carbocycles. The molecular formula is C8H11AuN4O4. The van der Waals surface area contributed by atoms with Gasteiger partial charge < -0.3 is 31.9 Å². The Balaban J connectivity index is 0.00000256. The van der Waals surface area contributed by atoms with Crippen molar-refractivity contribution in [2.24, 2.45) is 0 Å². The van der Waals surface area contributed by atoms with Gasteiger partial charge in [0, 0.05) is 6.42 Å². The molecular weight excluding hydrogens is 413 g/mol. The van der Waals surface area contributed by atoms with E-state index in [1.54, 1.807) is 0 Å². The molecule has 0 spiro atoms. The van der Waals surface area contributed by atoms with Gasteiger partial charge in [0.05, 0.1) is 6.61 Å². The second-order valence-corrected chi connectivity index (χ2v) is 3.04. The molecule has 17 heavy (non-hydrogen) atoms. The number of carboxylic acid groups (broad SMARTS) is 1. The van der Waals surface area contributed by atoms with Gasteiger partial charge in [-0.15, -0.1) is 10.9 Å². The van der Waals surface area contributed by atoms with Crippen LogP contribution in [0.4, 0.5) is 0 Å². The van der Waals surface area contributed by atoms with Gasteiger partial charge in [-0.1, -0.05) is 0 Å². The van der Waals surface area contributed by atoms with E-state index in [0.717, 1.165) is 0 Å². The molecule has 0 fully saturated rings. The first-order valence-electron chi connectivity index (χ1n) is 4.54. The number of aliphatic hydroxyl groups is 1. The zero-order valence-electron chi connectivity index (χ0n) is 8.61. The number of amides is 1. The van der Waals surface area contributed by atoms with Crippen LogP contribution in [0.3, 0.4) is 0 Å². The van der Waals surface area contributed by atoms with E-state index in [4.69, 9.17) is 10.2 Å². The summed E-state index contributed by atoms with van der Waals surface area (Å²) >= 11 is 0. The number of hydrogen-bond acceptors (Lipinski definition) is 5. The number of carbonyl (C=O) groups is 2. The number of nitrogens with one attached hydrogen (secondary N) is 2. The van der Waals surface area contributed by atoms with Gasteiger partial charge in [0.25, 0.3) is 0 Å². The Hall–Kier alpha value is -1.22. The number of rotatable bonds is 6. The van der Waals surface area contributed by atoms with Crippen molar-refractivity contribution in [2.75, 3.05) is 6.61 Å². The van der Waals surface area contributed by atoms with Crippen molar-refractivity contribution in [3.63, 3.8) is 0 Å². The van der Waals surface area contributed by atoms with E-state index in [-0.39, 0.29) is 28.8 Å². The number of hydrogen-bond donors (Lipinski definition) is 4. The number of carbonyl (C=O) groups excluding carboxylic acids is 1. The summed E-state index contributed by atoms with van der Waals surface area (Å²) in [6.45, 7) is -0.640. The van der Waals surface area contributed by atoms with E-state index in [0.29, 0.717) is 12.1 Å². The second kappa shape index (κ2) is 7.96. The standard InChI is InChI=1S/C8H11N4O4.Au/c13-4-6(8(15)16)10-7(14)2-1-5-3-9-12-11-5;/h6,13H,1-2,4H2,(H,10,14)(H,15,16)(H,9,11,12);/q-1;+1/t6-;/m1./s1. The van der Waals surface area contributed by atoms with Crippen LogP contribution in [-0.2, 0) is 38.4 Å². The second-order valence-electron chi connectivity index (χ2n) is 3.04. The van der Waals surface area contributed by atoms with Crippen molar-refractivity contribution in [1.29, 1.82) is 0 Å². The van der Waals surface area contributed by atoms with Crippen LogP contribution in [0.1, 0.15) is 12.1 Å². The molecule has 9 heteroatoms. The summed E-state index contributed by atoms with van der Waals surface area (Å²) in [6, 6.07) is -1.27. The monoisotopic (exact) mass is 424 g/mol. The zero-order chi connectivity index (χ0) is 12.0. The molecule has 1 atom stereocenters. The predicted octanol–water partition coefficient (Wildman–Crippen LogP) is -1.90. The number of nitrogens with zero attached hydrogens (tertiary/aromatic N) is 2. The largest absolute Gasteiger partial charge is 1.00 e. The third kappa shape index (κ3) is 5.59. The SMILES string of the molecule is O=C(CCc1[c-]nn[nH]1)N[C@H](CO)C(=O)O.[Au+]. The number of aryl methyl sites for hydroxylation is 1. The first-order chi connectivity index (χ1) is 7.63.